The maximum Gasteiger partial charge on any atom is -0.00366 e. The largest absolute Gasteiger partial charge is 0.330 e. The van der Waals surface area contributed by atoms with E-state index in [9.17, 15) is 0 Å². The minimum Gasteiger partial charge on any atom is -0.330 e. The van der Waals surface area contributed by atoms with E-state index in [1.54, 1.807) is 0 Å². The van der Waals surface area contributed by atoms with E-state index in [0.29, 0.717) is 6.54 Å². The first-order valence-electron chi connectivity index (χ1n) is 4.20. The molecule has 64 valence electrons. The molecule has 1 nitrogen and oxygen atoms in total. The first-order chi connectivity index (χ1) is 5.77. The van der Waals surface area contributed by atoms with Crippen LogP contribution >= 0.6 is 0 Å². The summed E-state index contributed by atoms with van der Waals surface area (Å²) >= 11 is 0. The molecule has 1 heteroatoms. The third kappa shape index (κ3) is 1.95. The molecule has 0 aliphatic heterocycles. The van der Waals surface area contributed by atoms with Gasteiger partial charge in [0.2, 0.25) is 0 Å². The fourth-order valence-electron chi connectivity index (χ4n) is 1.24. The maximum atomic E-state index is 5.50. The van der Waals surface area contributed by atoms with Gasteiger partial charge in [0.15, 0.2) is 0 Å². The highest BCUT2D eigenvalue weighted by molar-refractivity contribution is 5.49. The summed E-state index contributed by atoms with van der Waals surface area (Å²) in [5.74, 6) is 0. The van der Waals surface area contributed by atoms with Crippen LogP contribution in [0.5, 0.6) is 0 Å². The lowest BCUT2D eigenvalue weighted by Gasteiger charge is -2.04. The first-order valence-corrected chi connectivity index (χ1v) is 4.20. The van der Waals surface area contributed by atoms with E-state index < -0.39 is 0 Å². The van der Waals surface area contributed by atoms with Gasteiger partial charge in [0, 0.05) is 0 Å². The summed E-state index contributed by atoms with van der Waals surface area (Å²) in [6, 6.07) is 6.33. The molecule has 0 aliphatic carbocycles. The molecule has 0 heterocycles. The second kappa shape index (κ2) is 4.07. The monoisotopic (exact) mass is 161 g/mol. The van der Waals surface area contributed by atoms with Gasteiger partial charge in [-0.1, -0.05) is 30.9 Å². The van der Waals surface area contributed by atoms with Crippen LogP contribution in [0.3, 0.4) is 0 Å². The number of nitrogens with two attached hydrogens (primary N) is 1. The standard InChI is InChI=1S/C11H15N/c1-3-10-5-4-9(2)11(8-10)6-7-12/h3-5,8H,1,6-7,12H2,2H3. The highest BCUT2D eigenvalue weighted by Gasteiger charge is 1.96. The summed E-state index contributed by atoms with van der Waals surface area (Å²) in [7, 11) is 0. The van der Waals surface area contributed by atoms with E-state index in [-0.39, 0.29) is 0 Å². The lowest BCUT2D eigenvalue weighted by Crippen LogP contribution is -2.04. The molecule has 1 aromatic rings. The summed E-state index contributed by atoms with van der Waals surface area (Å²) in [6.07, 6.45) is 2.81. The lowest BCUT2D eigenvalue weighted by atomic mass is 10.0. The zero-order valence-electron chi connectivity index (χ0n) is 7.51. The van der Waals surface area contributed by atoms with Crippen LogP contribution in [0.15, 0.2) is 24.8 Å². The number of hydrogen-bond acceptors (Lipinski definition) is 1. The van der Waals surface area contributed by atoms with Gasteiger partial charge in [-0.3, -0.25) is 0 Å². The lowest BCUT2D eigenvalue weighted by molar-refractivity contribution is 0.957. The van der Waals surface area contributed by atoms with Crippen LogP contribution in [0.4, 0.5) is 0 Å². The fourth-order valence-corrected chi connectivity index (χ4v) is 1.24. The molecular formula is C11H15N. The normalized spacial score (nSPS) is 9.83. The van der Waals surface area contributed by atoms with Crippen molar-refractivity contribution in [2.75, 3.05) is 6.54 Å². The van der Waals surface area contributed by atoms with Crippen molar-refractivity contribution in [3.8, 4) is 0 Å². The molecule has 0 spiro atoms. The Morgan fingerprint density at radius 2 is 2.25 bits per heavy atom. The quantitative estimate of drug-likeness (QED) is 0.722. The Morgan fingerprint density at radius 3 is 2.83 bits per heavy atom. The van der Waals surface area contributed by atoms with Gasteiger partial charge in [-0.2, -0.15) is 0 Å². The van der Waals surface area contributed by atoms with Crippen molar-refractivity contribution in [2.45, 2.75) is 13.3 Å². The molecule has 0 saturated heterocycles. The molecule has 0 unspecified atom stereocenters. The highest BCUT2D eigenvalue weighted by atomic mass is 14.5. The molecule has 0 atom stereocenters. The fraction of sp³-hybridized carbons (Fsp3) is 0.273. The zero-order chi connectivity index (χ0) is 8.97. The van der Waals surface area contributed by atoms with Gasteiger partial charge in [0.1, 0.15) is 0 Å². The minimum absolute atomic E-state index is 0.710. The Balaban J connectivity index is 2.99. The maximum absolute atomic E-state index is 5.50. The molecule has 0 aromatic heterocycles. The molecule has 0 bridgehead atoms. The molecule has 2 N–H and O–H groups in total. The van der Waals surface area contributed by atoms with E-state index in [1.165, 1.54) is 16.7 Å². The highest BCUT2D eigenvalue weighted by Crippen LogP contribution is 2.12. The van der Waals surface area contributed by atoms with Gasteiger partial charge in [-0.15, -0.1) is 0 Å². The van der Waals surface area contributed by atoms with Crippen LogP contribution in [-0.2, 0) is 6.42 Å². The summed E-state index contributed by atoms with van der Waals surface area (Å²) < 4.78 is 0. The molecule has 0 saturated carbocycles. The van der Waals surface area contributed by atoms with Crippen molar-refractivity contribution < 1.29 is 0 Å². The van der Waals surface area contributed by atoms with Crippen LogP contribution in [0.25, 0.3) is 6.08 Å². The molecule has 0 aliphatic rings. The average molecular weight is 161 g/mol. The summed E-state index contributed by atoms with van der Waals surface area (Å²) in [5.41, 5.74) is 9.31. The minimum atomic E-state index is 0.710. The zero-order valence-corrected chi connectivity index (χ0v) is 7.51. The van der Waals surface area contributed by atoms with Gasteiger partial charge in [0.05, 0.1) is 0 Å². The third-order valence-electron chi connectivity index (χ3n) is 2.02. The molecule has 0 amide bonds. The second-order valence-corrected chi connectivity index (χ2v) is 2.93. The average Bonchev–Trinajstić information content (AvgIpc) is 2.09. The second-order valence-electron chi connectivity index (χ2n) is 2.93. The SMILES string of the molecule is C=Cc1ccc(C)c(CCN)c1. The summed E-state index contributed by atoms with van der Waals surface area (Å²) in [6.45, 7) is 6.55. The Morgan fingerprint density at radius 1 is 1.50 bits per heavy atom. The Kier molecular flexibility index (Phi) is 3.06. The molecule has 1 rings (SSSR count). The smallest absolute Gasteiger partial charge is 0.00366 e. The van der Waals surface area contributed by atoms with E-state index in [1.807, 2.05) is 6.08 Å². The van der Waals surface area contributed by atoms with E-state index in [0.717, 1.165) is 6.42 Å². The summed E-state index contributed by atoms with van der Waals surface area (Å²) in [4.78, 5) is 0. The molecule has 0 fully saturated rings. The number of aryl methyl sites for hydroxylation is 1. The van der Waals surface area contributed by atoms with E-state index >= 15 is 0 Å². The van der Waals surface area contributed by atoms with Crippen LogP contribution in [-0.4, -0.2) is 6.54 Å². The molecular weight excluding hydrogens is 146 g/mol. The van der Waals surface area contributed by atoms with Crippen molar-refractivity contribution in [3.05, 3.63) is 41.5 Å². The topological polar surface area (TPSA) is 26.0 Å². The number of benzene rings is 1. The molecule has 1 aromatic carbocycles. The van der Waals surface area contributed by atoms with Crippen molar-refractivity contribution in [3.63, 3.8) is 0 Å². The van der Waals surface area contributed by atoms with Crippen LogP contribution in [0.1, 0.15) is 16.7 Å². The Bertz CT molecular complexity index is 276. The van der Waals surface area contributed by atoms with Gasteiger partial charge in [-0.25, -0.2) is 0 Å². The van der Waals surface area contributed by atoms with Gasteiger partial charge in [0.25, 0.3) is 0 Å². The summed E-state index contributed by atoms with van der Waals surface area (Å²) in [5, 5.41) is 0. The Hall–Kier alpha value is -1.08. The van der Waals surface area contributed by atoms with Crippen LogP contribution < -0.4 is 5.73 Å². The van der Waals surface area contributed by atoms with Crippen molar-refractivity contribution in [1.29, 1.82) is 0 Å². The van der Waals surface area contributed by atoms with Gasteiger partial charge < -0.3 is 5.73 Å². The van der Waals surface area contributed by atoms with Crippen molar-refractivity contribution >= 4 is 6.08 Å². The van der Waals surface area contributed by atoms with Crippen LogP contribution in [0, 0.1) is 6.92 Å². The predicted octanol–water partition coefficient (Wildman–Crippen LogP) is 2.14. The molecule has 0 radical (unpaired) electrons. The van der Waals surface area contributed by atoms with E-state index in [2.05, 4.69) is 31.7 Å². The number of hydrogen-bond donors (Lipinski definition) is 1. The van der Waals surface area contributed by atoms with Crippen molar-refractivity contribution in [2.24, 2.45) is 5.73 Å². The Labute approximate surface area is 73.9 Å². The predicted molar refractivity (Wildman–Crippen MR) is 54.0 cm³/mol. The third-order valence-corrected chi connectivity index (χ3v) is 2.02. The van der Waals surface area contributed by atoms with Crippen LogP contribution in [0.2, 0.25) is 0 Å². The first kappa shape index (κ1) is 9.01. The van der Waals surface area contributed by atoms with Gasteiger partial charge >= 0.3 is 0 Å². The van der Waals surface area contributed by atoms with E-state index in [4.69, 9.17) is 5.73 Å². The molecule has 12 heavy (non-hydrogen) atoms. The number of rotatable bonds is 3. The van der Waals surface area contributed by atoms with Crippen molar-refractivity contribution in [1.82, 2.24) is 0 Å². The van der Waals surface area contributed by atoms with Gasteiger partial charge in [-0.05, 0) is 36.6 Å².